The minimum absolute atomic E-state index is 0.0909. The van der Waals surface area contributed by atoms with Crippen LogP contribution < -0.4 is 9.64 Å². The van der Waals surface area contributed by atoms with Crippen LogP contribution in [0.2, 0.25) is 0 Å². The average Bonchev–Trinajstić information content (AvgIpc) is 2.25. The van der Waals surface area contributed by atoms with Crippen molar-refractivity contribution in [2.75, 3.05) is 11.4 Å². The van der Waals surface area contributed by atoms with E-state index < -0.39 is 18.5 Å². The van der Waals surface area contributed by atoms with Gasteiger partial charge in [-0.15, -0.1) is 0 Å². The molecule has 0 saturated heterocycles. The van der Waals surface area contributed by atoms with Crippen molar-refractivity contribution >= 4 is 11.6 Å². The maximum absolute atomic E-state index is 12.2. The van der Waals surface area contributed by atoms with Gasteiger partial charge in [-0.25, -0.2) is 0 Å². The lowest BCUT2D eigenvalue weighted by atomic mass is 10.2. The van der Waals surface area contributed by atoms with E-state index in [1.54, 1.807) is 6.92 Å². The third-order valence-corrected chi connectivity index (χ3v) is 2.47. The summed E-state index contributed by atoms with van der Waals surface area (Å²) in [5, 5.41) is 0. The van der Waals surface area contributed by atoms with Gasteiger partial charge in [-0.1, -0.05) is 0 Å². The Kier molecular flexibility index (Phi) is 3.14. The molecule has 0 fully saturated rings. The summed E-state index contributed by atoms with van der Waals surface area (Å²) < 4.78 is 42.1. The molecule has 1 aromatic heterocycles. The Hall–Kier alpha value is -1.79. The molecule has 0 saturated carbocycles. The van der Waals surface area contributed by atoms with Crippen molar-refractivity contribution in [3.63, 3.8) is 0 Å². The predicted octanol–water partition coefficient (Wildman–Crippen LogP) is 2.15. The number of halogens is 3. The van der Waals surface area contributed by atoms with E-state index >= 15 is 0 Å². The Labute approximate surface area is 101 Å². The van der Waals surface area contributed by atoms with Gasteiger partial charge in [-0.3, -0.25) is 9.78 Å². The molecular weight excluding hydrogens is 249 g/mol. The van der Waals surface area contributed by atoms with E-state index in [9.17, 15) is 18.0 Å². The van der Waals surface area contributed by atoms with Crippen LogP contribution in [0, 0.1) is 0 Å². The lowest BCUT2D eigenvalue weighted by Crippen LogP contribution is -2.43. The number of hydrogen-bond donors (Lipinski definition) is 0. The Bertz CT molecular complexity index is 462. The molecule has 2 heterocycles. The lowest BCUT2D eigenvalue weighted by Gasteiger charge is -2.33. The highest BCUT2D eigenvalue weighted by atomic mass is 19.4. The van der Waals surface area contributed by atoms with E-state index in [1.165, 1.54) is 18.5 Å². The fourth-order valence-electron chi connectivity index (χ4n) is 1.79. The van der Waals surface area contributed by atoms with Gasteiger partial charge in [0.25, 0.3) is 0 Å². The first-order valence-electron chi connectivity index (χ1n) is 5.34. The molecule has 1 aromatic rings. The largest absolute Gasteiger partial charge is 0.487 e. The quantitative estimate of drug-likeness (QED) is 0.777. The zero-order valence-corrected chi connectivity index (χ0v) is 9.57. The van der Waals surface area contributed by atoms with Gasteiger partial charge >= 0.3 is 6.18 Å². The van der Waals surface area contributed by atoms with Crippen molar-refractivity contribution in [2.24, 2.45) is 0 Å². The van der Waals surface area contributed by atoms with Gasteiger partial charge < -0.3 is 9.64 Å². The minimum Gasteiger partial charge on any atom is -0.487 e. The molecule has 18 heavy (non-hydrogen) atoms. The fourth-order valence-corrected chi connectivity index (χ4v) is 1.79. The number of alkyl halides is 3. The van der Waals surface area contributed by atoms with E-state index in [4.69, 9.17) is 4.74 Å². The second-order valence-corrected chi connectivity index (χ2v) is 4.07. The number of carbonyl (C=O) groups is 1. The predicted molar refractivity (Wildman–Crippen MR) is 57.4 cm³/mol. The summed E-state index contributed by atoms with van der Waals surface area (Å²) in [5.41, 5.74) is 0.282. The van der Waals surface area contributed by atoms with Crippen LogP contribution in [-0.4, -0.2) is 29.7 Å². The first-order valence-corrected chi connectivity index (χ1v) is 5.34. The van der Waals surface area contributed by atoms with Crippen molar-refractivity contribution in [3.05, 3.63) is 18.5 Å². The smallest absolute Gasteiger partial charge is 0.397 e. The van der Waals surface area contributed by atoms with Crippen LogP contribution in [0.5, 0.6) is 5.75 Å². The highest BCUT2D eigenvalue weighted by Crippen LogP contribution is 2.33. The third kappa shape index (κ3) is 2.72. The highest BCUT2D eigenvalue weighted by molar-refractivity contribution is 5.95. The molecule has 0 bridgehead atoms. The van der Waals surface area contributed by atoms with Crippen molar-refractivity contribution in [3.8, 4) is 5.75 Å². The zero-order chi connectivity index (χ0) is 13.3. The van der Waals surface area contributed by atoms with Gasteiger partial charge in [0, 0.05) is 12.3 Å². The number of anilines is 1. The molecule has 98 valence electrons. The molecular formula is C11H11F3N2O2. The normalized spacial score (nSPS) is 19.1. The summed E-state index contributed by atoms with van der Waals surface area (Å²) in [6, 6.07) is 1.53. The molecule has 4 nitrogen and oxygen atoms in total. The van der Waals surface area contributed by atoms with Crippen molar-refractivity contribution in [2.45, 2.75) is 25.6 Å². The number of hydrogen-bond acceptors (Lipinski definition) is 3. The van der Waals surface area contributed by atoms with Crippen molar-refractivity contribution < 1.29 is 22.7 Å². The fraction of sp³-hybridized carbons (Fsp3) is 0.455. The molecule has 1 unspecified atom stereocenters. The maximum Gasteiger partial charge on any atom is 0.397 e. The maximum atomic E-state index is 12.2. The van der Waals surface area contributed by atoms with Crippen LogP contribution in [0.15, 0.2) is 18.5 Å². The summed E-state index contributed by atoms with van der Waals surface area (Å²) in [6.45, 7) is 1.78. The van der Waals surface area contributed by atoms with Gasteiger partial charge in [0.1, 0.15) is 24.0 Å². The summed E-state index contributed by atoms with van der Waals surface area (Å²) >= 11 is 0. The van der Waals surface area contributed by atoms with E-state index in [0.717, 1.165) is 4.90 Å². The summed E-state index contributed by atoms with van der Waals surface area (Å²) in [5.74, 6) is -0.619. The minimum atomic E-state index is -4.51. The van der Waals surface area contributed by atoms with Gasteiger partial charge in [-0.05, 0) is 6.92 Å². The first kappa shape index (κ1) is 12.7. The Morgan fingerprint density at radius 2 is 2.33 bits per heavy atom. The van der Waals surface area contributed by atoms with Gasteiger partial charge in [0.2, 0.25) is 5.91 Å². The first-order chi connectivity index (χ1) is 8.37. The number of aromatic nitrogens is 1. The van der Waals surface area contributed by atoms with Crippen LogP contribution in [-0.2, 0) is 4.79 Å². The molecule has 0 N–H and O–H groups in total. The molecule has 7 heteroatoms. The number of rotatable bonds is 1. The molecule has 1 aliphatic heterocycles. The van der Waals surface area contributed by atoms with Gasteiger partial charge in [0.05, 0.1) is 12.7 Å². The number of nitrogens with zero attached hydrogens (tertiary/aromatic N) is 2. The van der Waals surface area contributed by atoms with Crippen LogP contribution in [0.25, 0.3) is 0 Å². The zero-order valence-electron chi connectivity index (χ0n) is 9.57. The molecule has 2 rings (SSSR count). The highest BCUT2D eigenvalue weighted by Gasteiger charge is 2.36. The molecule has 0 radical (unpaired) electrons. The van der Waals surface area contributed by atoms with Gasteiger partial charge in [0.15, 0.2) is 0 Å². The topological polar surface area (TPSA) is 42.4 Å². The average molecular weight is 260 g/mol. The summed E-state index contributed by atoms with van der Waals surface area (Å²) in [7, 11) is 0. The third-order valence-electron chi connectivity index (χ3n) is 2.47. The number of ether oxygens (including phenoxy) is 1. The van der Waals surface area contributed by atoms with E-state index in [1.807, 2.05) is 0 Å². The van der Waals surface area contributed by atoms with Crippen molar-refractivity contribution in [1.82, 2.24) is 4.98 Å². The number of amides is 1. The molecule has 1 amide bonds. The molecule has 0 spiro atoms. The second-order valence-electron chi connectivity index (χ2n) is 4.07. The molecule has 0 aliphatic carbocycles. The van der Waals surface area contributed by atoms with Crippen LogP contribution in [0.3, 0.4) is 0 Å². The summed E-state index contributed by atoms with van der Waals surface area (Å²) in [4.78, 5) is 16.5. The van der Waals surface area contributed by atoms with Crippen molar-refractivity contribution in [1.29, 1.82) is 0 Å². The van der Waals surface area contributed by atoms with E-state index in [0.29, 0.717) is 5.75 Å². The van der Waals surface area contributed by atoms with Crippen LogP contribution in [0.4, 0.5) is 18.9 Å². The SMILES string of the molecule is CC1CN(C(=O)CC(F)(F)F)c2cnccc2O1. The number of fused-ring (bicyclic) bond motifs is 1. The van der Waals surface area contributed by atoms with Crippen LogP contribution >= 0.6 is 0 Å². The Balaban J connectivity index is 2.26. The standard InChI is InChI=1S/C11H11F3N2O2/c1-7-6-16(10(17)4-11(12,13)14)8-5-15-3-2-9(8)18-7/h2-3,5,7H,4,6H2,1H3. The molecule has 1 atom stereocenters. The summed E-state index contributed by atoms with van der Waals surface area (Å²) in [6.07, 6.45) is -3.55. The lowest BCUT2D eigenvalue weighted by molar-refractivity contribution is -0.152. The number of pyridine rings is 1. The van der Waals surface area contributed by atoms with Crippen LogP contribution in [0.1, 0.15) is 13.3 Å². The Morgan fingerprint density at radius 1 is 1.61 bits per heavy atom. The van der Waals surface area contributed by atoms with Gasteiger partial charge in [-0.2, -0.15) is 13.2 Å². The Morgan fingerprint density at radius 3 is 3.00 bits per heavy atom. The number of carbonyl (C=O) groups excluding carboxylic acids is 1. The van der Waals surface area contributed by atoms with E-state index in [-0.39, 0.29) is 18.3 Å². The second kappa shape index (κ2) is 4.47. The molecule has 0 aromatic carbocycles. The molecule has 1 aliphatic rings. The monoisotopic (exact) mass is 260 g/mol. The van der Waals surface area contributed by atoms with E-state index in [2.05, 4.69) is 4.98 Å².